The van der Waals surface area contributed by atoms with Crippen LogP contribution in [0.1, 0.15) is 32.6 Å². The molecular weight excluding hydrogens is 524 g/mol. The molecule has 0 aliphatic rings. The molecule has 0 spiro atoms. The maximum Gasteiger partial charge on any atom is 0.157 e. The van der Waals surface area contributed by atoms with Crippen molar-refractivity contribution in [2.45, 2.75) is 0 Å². The highest BCUT2D eigenvalue weighted by atomic mass is 16.5. The van der Waals surface area contributed by atoms with Crippen LogP contribution in [-0.4, -0.2) is 50.0 Å². The van der Waals surface area contributed by atoms with Crippen LogP contribution in [0.4, 0.5) is 0 Å². The first-order valence-electron chi connectivity index (χ1n) is 12.4. The first kappa shape index (κ1) is 30.2. The van der Waals surface area contributed by atoms with Gasteiger partial charge in [0, 0.05) is 12.1 Å². The topological polar surface area (TPSA) is 115 Å². The van der Waals surface area contributed by atoms with Gasteiger partial charge in [0.1, 0.15) is 28.7 Å². The monoisotopic (exact) mass is 556 g/mol. The molecule has 0 unspecified atom stereocenters. The summed E-state index contributed by atoms with van der Waals surface area (Å²) in [6.07, 6.45) is 8.05. The van der Waals surface area contributed by atoms with Gasteiger partial charge in [0.2, 0.25) is 0 Å². The van der Waals surface area contributed by atoms with Gasteiger partial charge in [-0.25, -0.2) is 0 Å². The fourth-order valence-electron chi connectivity index (χ4n) is 3.65. The van der Waals surface area contributed by atoms with E-state index in [1.807, 2.05) is 48.6 Å². The minimum absolute atomic E-state index is 0.0230. The zero-order chi connectivity index (χ0) is 29.8. The molecule has 4 rings (SSSR count). The van der Waals surface area contributed by atoms with Crippen molar-refractivity contribution in [1.29, 1.82) is 0 Å². The number of phenolic OH excluding ortho intramolecular Hbond substituents is 3. The lowest BCUT2D eigenvalue weighted by atomic mass is 10.1. The second-order valence-corrected chi connectivity index (χ2v) is 8.64. The molecule has 0 fully saturated rings. The third-order valence-corrected chi connectivity index (χ3v) is 5.86. The summed E-state index contributed by atoms with van der Waals surface area (Å²) in [4.78, 5) is 10.8. The van der Waals surface area contributed by atoms with Crippen molar-refractivity contribution in [1.82, 2.24) is 0 Å². The third kappa shape index (κ3) is 8.83. The van der Waals surface area contributed by atoms with Gasteiger partial charge < -0.3 is 34.3 Å². The Morgan fingerprint density at radius 3 is 1.24 bits per heavy atom. The summed E-state index contributed by atoms with van der Waals surface area (Å²) in [6, 6.07) is 20.6. The number of benzene rings is 4. The molecule has 0 bridgehead atoms. The van der Waals surface area contributed by atoms with E-state index in [0.717, 1.165) is 22.3 Å². The van der Waals surface area contributed by atoms with Crippen molar-refractivity contribution in [2.75, 3.05) is 28.4 Å². The number of aromatic hydroxyl groups is 3. The smallest absolute Gasteiger partial charge is 0.157 e. The van der Waals surface area contributed by atoms with Crippen molar-refractivity contribution >= 4 is 30.6 Å². The lowest BCUT2D eigenvalue weighted by Crippen LogP contribution is -1.88. The fourth-order valence-corrected chi connectivity index (χ4v) is 3.65. The Balaban J connectivity index is 0.000000226. The third-order valence-electron chi connectivity index (χ3n) is 5.86. The molecule has 0 saturated carbocycles. The highest BCUT2D eigenvalue weighted by molar-refractivity contribution is 5.82. The predicted molar refractivity (Wildman–Crippen MR) is 160 cm³/mol. The highest BCUT2D eigenvalue weighted by Crippen LogP contribution is 2.28. The SMILES string of the molecule is COc1cc(/C=C/c2ccc(O)c(C=O)c2)cc(OC)c1.COc1cc(/C=C/c2ccc(O)c(O)c2)cc(OC)c1. The van der Waals surface area contributed by atoms with Crippen LogP contribution < -0.4 is 18.9 Å². The number of phenols is 3. The predicted octanol–water partition coefficient (Wildman–Crippen LogP) is 6.68. The average Bonchev–Trinajstić information content (AvgIpc) is 3.01. The summed E-state index contributed by atoms with van der Waals surface area (Å²) in [5.74, 6) is 2.52. The number of hydrogen-bond acceptors (Lipinski definition) is 8. The number of rotatable bonds is 9. The van der Waals surface area contributed by atoms with E-state index in [2.05, 4.69) is 0 Å². The van der Waals surface area contributed by atoms with E-state index in [9.17, 15) is 20.1 Å². The van der Waals surface area contributed by atoms with Gasteiger partial charge in [-0.3, -0.25) is 4.79 Å². The molecule has 4 aromatic rings. The van der Waals surface area contributed by atoms with Gasteiger partial charge in [-0.15, -0.1) is 0 Å². The van der Waals surface area contributed by atoms with Crippen molar-refractivity contribution < 1.29 is 39.1 Å². The molecule has 0 heterocycles. The molecule has 0 saturated heterocycles. The Hall–Kier alpha value is -5.37. The Labute approximate surface area is 239 Å². The first-order valence-corrected chi connectivity index (χ1v) is 12.4. The van der Waals surface area contributed by atoms with Gasteiger partial charge in [0.25, 0.3) is 0 Å². The Kier molecular flexibility index (Phi) is 10.8. The summed E-state index contributed by atoms with van der Waals surface area (Å²) in [5.41, 5.74) is 3.68. The van der Waals surface area contributed by atoms with Crippen LogP contribution >= 0.6 is 0 Å². The second-order valence-electron chi connectivity index (χ2n) is 8.64. The summed E-state index contributed by atoms with van der Waals surface area (Å²) >= 11 is 0. The van der Waals surface area contributed by atoms with Gasteiger partial charge >= 0.3 is 0 Å². The minimum Gasteiger partial charge on any atom is -0.507 e. The molecule has 0 aliphatic carbocycles. The van der Waals surface area contributed by atoms with E-state index >= 15 is 0 Å². The van der Waals surface area contributed by atoms with E-state index in [0.29, 0.717) is 29.3 Å². The number of carbonyl (C=O) groups excluding carboxylic acids is 1. The maximum absolute atomic E-state index is 10.8. The van der Waals surface area contributed by atoms with E-state index in [-0.39, 0.29) is 22.8 Å². The number of aldehydes is 1. The minimum atomic E-state index is -0.143. The number of ether oxygens (including phenoxy) is 4. The fraction of sp³-hybridized carbons (Fsp3) is 0.121. The van der Waals surface area contributed by atoms with Crippen molar-refractivity contribution in [2.24, 2.45) is 0 Å². The van der Waals surface area contributed by atoms with E-state index < -0.39 is 0 Å². The zero-order valence-electron chi connectivity index (χ0n) is 23.2. The molecule has 212 valence electrons. The molecule has 4 aromatic carbocycles. The Bertz CT molecular complexity index is 1490. The standard InChI is InChI=1S/C17H16O4.C16H16O4/c1-20-15-8-13(9-16(10-15)21-2)4-3-12-5-6-17(19)14(7-12)11-18;1-19-13-7-12(8-14(10-13)20-2)4-3-11-5-6-15(17)16(18)9-11/h3-11,19H,1-2H3;3-10,17-18H,1-2H3/b2*4-3+. The van der Waals surface area contributed by atoms with Crippen LogP contribution in [0.15, 0.2) is 72.8 Å². The largest absolute Gasteiger partial charge is 0.507 e. The van der Waals surface area contributed by atoms with E-state index in [1.54, 1.807) is 58.8 Å². The van der Waals surface area contributed by atoms with Crippen LogP contribution in [0.2, 0.25) is 0 Å². The van der Waals surface area contributed by atoms with Gasteiger partial charge in [0.15, 0.2) is 17.8 Å². The van der Waals surface area contributed by atoms with E-state index in [1.165, 1.54) is 18.2 Å². The van der Waals surface area contributed by atoms with Crippen LogP contribution in [0.25, 0.3) is 24.3 Å². The maximum atomic E-state index is 10.8. The molecule has 0 atom stereocenters. The van der Waals surface area contributed by atoms with Crippen molar-refractivity contribution in [3.05, 3.63) is 101 Å². The molecule has 3 N–H and O–H groups in total. The molecule has 0 aromatic heterocycles. The van der Waals surface area contributed by atoms with Gasteiger partial charge in [-0.2, -0.15) is 0 Å². The normalized spacial score (nSPS) is 10.6. The zero-order valence-corrected chi connectivity index (χ0v) is 23.2. The molecular formula is C33H32O8. The quantitative estimate of drug-likeness (QED) is 0.119. The lowest BCUT2D eigenvalue weighted by molar-refractivity contribution is 0.112. The molecule has 0 aliphatic heterocycles. The summed E-state index contributed by atoms with van der Waals surface area (Å²) in [7, 11) is 6.39. The second kappa shape index (κ2) is 14.7. The average molecular weight is 557 g/mol. The van der Waals surface area contributed by atoms with Crippen LogP contribution in [-0.2, 0) is 0 Å². The highest BCUT2D eigenvalue weighted by Gasteiger charge is 2.03. The summed E-state index contributed by atoms with van der Waals surface area (Å²) < 4.78 is 20.8. The van der Waals surface area contributed by atoms with Crippen LogP contribution in [0, 0.1) is 0 Å². The molecule has 0 radical (unpaired) electrons. The van der Waals surface area contributed by atoms with Gasteiger partial charge in [-0.05, 0) is 70.8 Å². The first-order chi connectivity index (χ1) is 19.8. The van der Waals surface area contributed by atoms with Crippen LogP contribution in [0.5, 0.6) is 40.2 Å². The lowest BCUT2D eigenvalue weighted by Gasteiger charge is -2.06. The van der Waals surface area contributed by atoms with Crippen LogP contribution in [0.3, 0.4) is 0 Å². The molecule has 8 heteroatoms. The van der Waals surface area contributed by atoms with Crippen molar-refractivity contribution in [3.63, 3.8) is 0 Å². The van der Waals surface area contributed by atoms with Gasteiger partial charge in [-0.1, -0.05) is 36.4 Å². The summed E-state index contributed by atoms with van der Waals surface area (Å²) in [6.45, 7) is 0. The number of carbonyl (C=O) groups is 1. The van der Waals surface area contributed by atoms with E-state index in [4.69, 9.17) is 18.9 Å². The number of hydrogen-bond donors (Lipinski definition) is 3. The van der Waals surface area contributed by atoms with Gasteiger partial charge in [0.05, 0.1) is 34.0 Å². The molecule has 0 amide bonds. The Morgan fingerprint density at radius 1 is 0.463 bits per heavy atom. The molecule has 8 nitrogen and oxygen atoms in total. The molecule has 41 heavy (non-hydrogen) atoms. The number of methoxy groups -OCH3 is 4. The van der Waals surface area contributed by atoms with Crippen molar-refractivity contribution in [3.8, 4) is 40.2 Å². The summed E-state index contributed by atoms with van der Waals surface area (Å²) in [5, 5.41) is 28.2. The Morgan fingerprint density at radius 2 is 0.854 bits per heavy atom.